The molecule has 0 radical (unpaired) electrons. The highest BCUT2D eigenvalue weighted by molar-refractivity contribution is 6.08. The number of benzene rings is 1. The molecule has 2 unspecified atom stereocenters. The number of aromatic nitrogens is 4. The molecule has 146 valence electrons. The minimum atomic E-state index is -0.854. The Morgan fingerprint density at radius 3 is 2.76 bits per heavy atom. The lowest BCUT2D eigenvalue weighted by Crippen LogP contribution is -2.42. The predicted octanol–water partition coefficient (Wildman–Crippen LogP) is 2.00. The first-order valence-electron chi connectivity index (χ1n) is 9.50. The van der Waals surface area contributed by atoms with E-state index in [0.717, 1.165) is 22.5 Å². The van der Waals surface area contributed by atoms with Gasteiger partial charge in [0.05, 0.1) is 24.1 Å². The fourth-order valence-electron chi connectivity index (χ4n) is 4.60. The number of amides is 2. The topological polar surface area (TPSA) is 93.0 Å². The van der Waals surface area contributed by atoms with Gasteiger partial charge in [-0.25, -0.2) is 4.98 Å². The van der Waals surface area contributed by atoms with E-state index in [1.807, 2.05) is 44.4 Å². The van der Waals surface area contributed by atoms with E-state index in [0.29, 0.717) is 13.0 Å². The van der Waals surface area contributed by atoms with Gasteiger partial charge in [0.1, 0.15) is 11.1 Å². The Balaban J connectivity index is 1.65. The lowest BCUT2D eigenvalue weighted by molar-refractivity contribution is -0.121. The highest BCUT2D eigenvalue weighted by atomic mass is 16.2. The van der Waals surface area contributed by atoms with Gasteiger partial charge in [0, 0.05) is 37.2 Å². The van der Waals surface area contributed by atoms with Crippen molar-refractivity contribution in [2.75, 3.05) is 11.9 Å². The van der Waals surface area contributed by atoms with Crippen molar-refractivity contribution in [1.82, 2.24) is 24.6 Å². The zero-order valence-electron chi connectivity index (χ0n) is 16.2. The van der Waals surface area contributed by atoms with Crippen LogP contribution < -0.4 is 5.32 Å². The van der Waals surface area contributed by atoms with Gasteiger partial charge in [-0.2, -0.15) is 5.10 Å². The number of rotatable bonds is 2. The first-order valence-corrected chi connectivity index (χ1v) is 9.50. The predicted molar refractivity (Wildman–Crippen MR) is 105 cm³/mol. The number of aryl methyl sites for hydroxylation is 2. The third kappa shape index (κ3) is 2.48. The molecule has 4 heterocycles. The Labute approximate surface area is 167 Å². The molecule has 0 bridgehead atoms. The highest BCUT2D eigenvalue weighted by Gasteiger charge is 2.59. The molecule has 2 amide bonds. The van der Waals surface area contributed by atoms with Gasteiger partial charge < -0.3 is 10.2 Å². The van der Waals surface area contributed by atoms with E-state index >= 15 is 0 Å². The normalized spacial score (nSPS) is 22.8. The molecule has 5 rings (SSSR count). The van der Waals surface area contributed by atoms with Crippen LogP contribution in [0.3, 0.4) is 0 Å². The standard InChI is InChI=1S/C21H20N6O2/c1-13-9-23-17(11-22-13)19(28)27-8-7-21(18(27)14-10-24-26(2)12-14)15-5-3-4-6-16(15)25-20(21)29/h3-6,9-12,18H,7-8H2,1-2H3,(H,25,29). The average molecular weight is 388 g/mol. The van der Waals surface area contributed by atoms with Gasteiger partial charge >= 0.3 is 0 Å². The van der Waals surface area contributed by atoms with Gasteiger partial charge in [0.25, 0.3) is 5.91 Å². The number of anilines is 1. The first-order chi connectivity index (χ1) is 14.0. The number of nitrogens with one attached hydrogen (secondary N) is 1. The molecule has 1 N–H and O–H groups in total. The molecule has 0 saturated carbocycles. The Hall–Kier alpha value is -3.55. The fourth-order valence-corrected chi connectivity index (χ4v) is 4.60. The zero-order valence-corrected chi connectivity index (χ0v) is 16.2. The molecule has 1 aromatic carbocycles. The van der Waals surface area contributed by atoms with E-state index < -0.39 is 11.5 Å². The molecule has 3 aromatic rings. The van der Waals surface area contributed by atoms with Crippen molar-refractivity contribution in [3.63, 3.8) is 0 Å². The summed E-state index contributed by atoms with van der Waals surface area (Å²) in [5.41, 5.74) is 2.71. The van der Waals surface area contributed by atoms with Gasteiger partial charge in [0.15, 0.2) is 0 Å². The summed E-state index contributed by atoms with van der Waals surface area (Å²) in [6, 6.07) is 7.22. The van der Waals surface area contributed by atoms with Crippen LogP contribution in [-0.2, 0) is 17.3 Å². The molecular formula is C21H20N6O2. The minimum absolute atomic E-state index is 0.0853. The van der Waals surface area contributed by atoms with Crippen molar-refractivity contribution in [2.24, 2.45) is 7.05 Å². The van der Waals surface area contributed by atoms with Crippen LogP contribution >= 0.6 is 0 Å². The Kier molecular flexibility index (Phi) is 3.77. The second kappa shape index (κ2) is 6.23. The van der Waals surface area contributed by atoms with Gasteiger partial charge in [0.2, 0.25) is 5.91 Å². The third-order valence-electron chi connectivity index (χ3n) is 5.89. The Bertz CT molecular complexity index is 1120. The molecule has 8 nitrogen and oxygen atoms in total. The molecule has 2 aromatic heterocycles. The molecule has 2 aliphatic rings. The van der Waals surface area contributed by atoms with Gasteiger partial charge in [-0.1, -0.05) is 18.2 Å². The first kappa shape index (κ1) is 17.5. The third-order valence-corrected chi connectivity index (χ3v) is 5.89. The summed E-state index contributed by atoms with van der Waals surface area (Å²) in [7, 11) is 1.82. The van der Waals surface area contributed by atoms with Crippen molar-refractivity contribution >= 4 is 17.5 Å². The second-order valence-electron chi connectivity index (χ2n) is 7.61. The molecule has 1 saturated heterocycles. The Morgan fingerprint density at radius 1 is 1.21 bits per heavy atom. The summed E-state index contributed by atoms with van der Waals surface area (Å²) in [5, 5.41) is 7.31. The van der Waals surface area contributed by atoms with Crippen LogP contribution in [0.2, 0.25) is 0 Å². The molecule has 29 heavy (non-hydrogen) atoms. The van der Waals surface area contributed by atoms with Crippen LogP contribution in [0.4, 0.5) is 5.69 Å². The summed E-state index contributed by atoms with van der Waals surface area (Å²) in [6.45, 7) is 2.26. The maximum absolute atomic E-state index is 13.4. The van der Waals surface area contributed by atoms with Crippen molar-refractivity contribution < 1.29 is 9.59 Å². The van der Waals surface area contributed by atoms with E-state index in [2.05, 4.69) is 20.4 Å². The monoisotopic (exact) mass is 388 g/mol. The smallest absolute Gasteiger partial charge is 0.274 e. The number of nitrogens with zero attached hydrogens (tertiary/aromatic N) is 5. The van der Waals surface area contributed by atoms with E-state index in [-0.39, 0.29) is 17.5 Å². The number of hydrogen-bond acceptors (Lipinski definition) is 5. The van der Waals surface area contributed by atoms with Crippen LogP contribution in [0.25, 0.3) is 0 Å². The van der Waals surface area contributed by atoms with Crippen molar-refractivity contribution in [3.05, 3.63) is 71.6 Å². The molecular weight excluding hydrogens is 368 g/mol. The molecule has 1 spiro atoms. The maximum atomic E-state index is 13.4. The zero-order chi connectivity index (χ0) is 20.2. The van der Waals surface area contributed by atoms with Gasteiger partial charge in [-0.15, -0.1) is 0 Å². The molecule has 8 heteroatoms. The summed E-state index contributed by atoms with van der Waals surface area (Å²) in [6.07, 6.45) is 7.20. The molecule has 2 aliphatic heterocycles. The average Bonchev–Trinajstić information content (AvgIpc) is 3.39. The second-order valence-corrected chi connectivity index (χ2v) is 7.61. The summed E-state index contributed by atoms with van der Waals surface area (Å²) < 4.78 is 1.69. The van der Waals surface area contributed by atoms with Crippen LogP contribution in [0.15, 0.2) is 49.1 Å². The number of hydrogen-bond donors (Lipinski definition) is 1. The summed E-state index contributed by atoms with van der Waals surface area (Å²) in [4.78, 5) is 36.9. The largest absolute Gasteiger partial charge is 0.329 e. The van der Waals surface area contributed by atoms with Gasteiger partial charge in [-0.05, 0) is 25.0 Å². The summed E-state index contributed by atoms with van der Waals surface area (Å²) in [5.74, 6) is -0.321. The van der Waals surface area contributed by atoms with E-state index in [9.17, 15) is 9.59 Å². The van der Waals surface area contributed by atoms with Crippen molar-refractivity contribution in [1.29, 1.82) is 0 Å². The number of likely N-dealkylation sites (tertiary alicyclic amines) is 1. The van der Waals surface area contributed by atoms with Crippen LogP contribution in [0, 0.1) is 6.92 Å². The number of para-hydroxylation sites is 1. The fraction of sp³-hybridized carbons (Fsp3) is 0.286. The highest BCUT2D eigenvalue weighted by Crippen LogP contribution is 2.54. The minimum Gasteiger partial charge on any atom is -0.329 e. The van der Waals surface area contributed by atoms with Crippen LogP contribution in [-0.4, -0.2) is 43.0 Å². The van der Waals surface area contributed by atoms with E-state index in [4.69, 9.17) is 0 Å². The van der Waals surface area contributed by atoms with Crippen LogP contribution in [0.5, 0.6) is 0 Å². The summed E-state index contributed by atoms with van der Waals surface area (Å²) >= 11 is 0. The number of carbonyl (C=O) groups is 2. The molecule has 0 aliphatic carbocycles. The quantitative estimate of drug-likeness (QED) is 0.725. The Morgan fingerprint density at radius 2 is 2.03 bits per heavy atom. The molecule has 1 fully saturated rings. The maximum Gasteiger partial charge on any atom is 0.274 e. The van der Waals surface area contributed by atoms with E-state index in [1.165, 1.54) is 6.20 Å². The lowest BCUT2D eigenvalue weighted by atomic mass is 9.73. The van der Waals surface area contributed by atoms with Crippen molar-refractivity contribution in [2.45, 2.75) is 24.8 Å². The SMILES string of the molecule is Cc1cnc(C(=O)N2CCC3(C(=O)Nc4ccccc43)C2c2cnn(C)c2)cn1. The van der Waals surface area contributed by atoms with E-state index in [1.54, 1.807) is 22.0 Å². The lowest BCUT2D eigenvalue weighted by Gasteiger charge is -2.33. The van der Waals surface area contributed by atoms with Crippen LogP contribution in [0.1, 0.15) is 39.8 Å². The molecule has 2 atom stereocenters. The van der Waals surface area contributed by atoms with Gasteiger partial charge in [-0.3, -0.25) is 19.3 Å². The van der Waals surface area contributed by atoms with Crippen molar-refractivity contribution in [3.8, 4) is 0 Å². The number of fused-ring (bicyclic) bond motifs is 2. The number of carbonyl (C=O) groups excluding carboxylic acids is 2.